The molecule has 0 atom stereocenters. The molecule has 1 aromatic carbocycles. The van der Waals surface area contributed by atoms with Gasteiger partial charge in [0.25, 0.3) is 0 Å². The van der Waals surface area contributed by atoms with E-state index in [9.17, 15) is 0 Å². The number of nitrogens with zero attached hydrogens (tertiary/aromatic N) is 2. The van der Waals surface area contributed by atoms with Crippen molar-refractivity contribution in [2.24, 2.45) is 5.73 Å². The largest absolute Gasteiger partial charge is 0.330 e. The molecule has 0 spiro atoms. The van der Waals surface area contributed by atoms with Crippen LogP contribution in [-0.4, -0.2) is 16.3 Å². The third-order valence-corrected chi connectivity index (χ3v) is 3.17. The Balaban J connectivity index is 2.49. The quantitative estimate of drug-likeness (QED) is 0.874. The third kappa shape index (κ3) is 2.39. The Morgan fingerprint density at radius 1 is 1.29 bits per heavy atom. The monoisotopic (exact) mass is 229 g/mol. The van der Waals surface area contributed by atoms with Crippen molar-refractivity contribution in [3.05, 3.63) is 47.3 Å². The molecule has 0 aliphatic carbocycles. The van der Waals surface area contributed by atoms with E-state index in [1.54, 1.807) is 0 Å². The lowest BCUT2D eigenvalue weighted by Crippen LogP contribution is -2.07. The molecule has 0 aliphatic rings. The van der Waals surface area contributed by atoms with Crippen LogP contribution in [0.15, 0.2) is 30.6 Å². The van der Waals surface area contributed by atoms with Gasteiger partial charge in [-0.3, -0.25) is 0 Å². The van der Waals surface area contributed by atoms with Crippen LogP contribution in [0.2, 0.25) is 0 Å². The fourth-order valence-corrected chi connectivity index (χ4v) is 2.07. The lowest BCUT2D eigenvalue weighted by atomic mass is 9.99. The minimum Gasteiger partial charge on any atom is -0.330 e. The van der Waals surface area contributed by atoms with E-state index in [1.807, 2.05) is 23.1 Å². The Morgan fingerprint density at radius 2 is 2.12 bits per heavy atom. The molecule has 2 N–H and O–H groups in total. The number of aryl methyl sites for hydroxylation is 2. The van der Waals surface area contributed by atoms with Gasteiger partial charge in [-0.1, -0.05) is 12.1 Å². The highest BCUT2D eigenvalue weighted by Gasteiger charge is 2.09. The minimum absolute atomic E-state index is 0.728. The Morgan fingerprint density at radius 3 is 2.76 bits per heavy atom. The summed E-state index contributed by atoms with van der Waals surface area (Å²) in [6, 6.07) is 6.32. The van der Waals surface area contributed by atoms with Crippen molar-refractivity contribution >= 4 is 0 Å². The summed E-state index contributed by atoms with van der Waals surface area (Å²) in [6.45, 7) is 5.01. The van der Waals surface area contributed by atoms with Crippen LogP contribution in [0, 0.1) is 13.8 Å². The van der Waals surface area contributed by atoms with Crippen LogP contribution in [0.1, 0.15) is 23.1 Å². The van der Waals surface area contributed by atoms with E-state index < -0.39 is 0 Å². The molecular formula is C14H19N3. The van der Waals surface area contributed by atoms with Gasteiger partial charge < -0.3 is 5.73 Å². The summed E-state index contributed by atoms with van der Waals surface area (Å²) >= 11 is 0. The van der Waals surface area contributed by atoms with Crippen molar-refractivity contribution in [2.45, 2.75) is 26.7 Å². The fraction of sp³-hybridized carbons (Fsp3) is 0.357. The molecule has 90 valence electrons. The molecule has 0 bridgehead atoms. The summed E-state index contributed by atoms with van der Waals surface area (Å²) in [6.07, 6.45) is 5.83. The van der Waals surface area contributed by atoms with Crippen molar-refractivity contribution in [3.8, 4) is 5.69 Å². The van der Waals surface area contributed by atoms with E-state index in [0.29, 0.717) is 0 Å². The van der Waals surface area contributed by atoms with Crippen molar-refractivity contribution < 1.29 is 0 Å². The average molecular weight is 229 g/mol. The predicted octanol–water partition coefficient (Wildman–Crippen LogP) is 2.38. The summed E-state index contributed by atoms with van der Waals surface area (Å²) in [4.78, 5) is 0. The Bertz CT molecular complexity index is 486. The van der Waals surface area contributed by atoms with E-state index in [2.05, 4.69) is 31.1 Å². The highest BCUT2D eigenvalue weighted by Crippen LogP contribution is 2.23. The van der Waals surface area contributed by atoms with Gasteiger partial charge in [-0.05, 0) is 56.0 Å². The van der Waals surface area contributed by atoms with Gasteiger partial charge >= 0.3 is 0 Å². The van der Waals surface area contributed by atoms with Gasteiger partial charge in [0, 0.05) is 12.4 Å². The van der Waals surface area contributed by atoms with Gasteiger partial charge in [0.15, 0.2) is 0 Å². The standard InChI is InChI=1S/C14H19N3/c1-11-6-7-13(5-3-8-15)14(12(11)2)17-10-4-9-16-17/h4,6-7,9-10H,3,5,8,15H2,1-2H3. The Labute approximate surface area is 102 Å². The normalized spacial score (nSPS) is 10.8. The molecule has 0 fully saturated rings. The molecule has 2 aromatic rings. The topological polar surface area (TPSA) is 43.8 Å². The number of nitrogens with two attached hydrogens (primary N) is 1. The molecule has 1 aromatic heterocycles. The van der Waals surface area contributed by atoms with Crippen molar-refractivity contribution in [1.29, 1.82) is 0 Å². The van der Waals surface area contributed by atoms with E-state index in [0.717, 1.165) is 19.4 Å². The zero-order valence-corrected chi connectivity index (χ0v) is 10.5. The molecule has 3 heteroatoms. The average Bonchev–Trinajstić information content (AvgIpc) is 2.84. The second kappa shape index (κ2) is 5.15. The number of hydrogen-bond acceptors (Lipinski definition) is 2. The summed E-state index contributed by atoms with van der Waals surface area (Å²) < 4.78 is 1.95. The van der Waals surface area contributed by atoms with Crippen LogP contribution < -0.4 is 5.73 Å². The first-order valence-electron chi connectivity index (χ1n) is 6.03. The Kier molecular flexibility index (Phi) is 3.59. The van der Waals surface area contributed by atoms with Gasteiger partial charge in [-0.25, -0.2) is 4.68 Å². The van der Waals surface area contributed by atoms with E-state index in [-0.39, 0.29) is 0 Å². The van der Waals surface area contributed by atoms with Crippen molar-refractivity contribution in [3.63, 3.8) is 0 Å². The maximum atomic E-state index is 5.59. The molecule has 1 heterocycles. The first-order chi connectivity index (χ1) is 8.24. The summed E-state index contributed by atoms with van der Waals surface area (Å²) in [5.41, 5.74) is 10.7. The van der Waals surface area contributed by atoms with Crippen LogP contribution in [0.25, 0.3) is 5.69 Å². The molecule has 0 aliphatic heterocycles. The molecular weight excluding hydrogens is 210 g/mol. The number of rotatable bonds is 4. The van der Waals surface area contributed by atoms with Crippen LogP contribution in [0.5, 0.6) is 0 Å². The zero-order valence-electron chi connectivity index (χ0n) is 10.5. The van der Waals surface area contributed by atoms with E-state index in [1.165, 1.54) is 22.4 Å². The second-order valence-electron chi connectivity index (χ2n) is 4.36. The summed E-state index contributed by atoms with van der Waals surface area (Å²) in [5.74, 6) is 0. The summed E-state index contributed by atoms with van der Waals surface area (Å²) in [5, 5.41) is 4.34. The molecule has 2 rings (SSSR count). The van der Waals surface area contributed by atoms with Crippen LogP contribution in [0.4, 0.5) is 0 Å². The molecule has 0 unspecified atom stereocenters. The van der Waals surface area contributed by atoms with Crippen molar-refractivity contribution in [2.75, 3.05) is 6.54 Å². The maximum Gasteiger partial charge on any atom is 0.0709 e. The first kappa shape index (κ1) is 11.9. The zero-order chi connectivity index (χ0) is 12.3. The van der Waals surface area contributed by atoms with Crippen LogP contribution >= 0.6 is 0 Å². The van der Waals surface area contributed by atoms with Gasteiger partial charge in [0.1, 0.15) is 0 Å². The smallest absolute Gasteiger partial charge is 0.0709 e. The molecule has 0 saturated carbocycles. The number of hydrogen-bond donors (Lipinski definition) is 1. The van der Waals surface area contributed by atoms with Gasteiger partial charge in [0.05, 0.1) is 5.69 Å². The highest BCUT2D eigenvalue weighted by molar-refractivity contribution is 5.50. The SMILES string of the molecule is Cc1ccc(CCCN)c(-n2cccn2)c1C. The lowest BCUT2D eigenvalue weighted by molar-refractivity contribution is 0.799. The lowest BCUT2D eigenvalue weighted by Gasteiger charge is -2.14. The third-order valence-electron chi connectivity index (χ3n) is 3.17. The summed E-state index contributed by atoms with van der Waals surface area (Å²) in [7, 11) is 0. The fourth-order valence-electron chi connectivity index (χ4n) is 2.07. The molecule has 0 saturated heterocycles. The van der Waals surface area contributed by atoms with Crippen molar-refractivity contribution in [1.82, 2.24) is 9.78 Å². The minimum atomic E-state index is 0.728. The number of aromatic nitrogens is 2. The molecule has 17 heavy (non-hydrogen) atoms. The number of benzene rings is 1. The van der Waals surface area contributed by atoms with Gasteiger partial charge in [-0.15, -0.1) is 0 Å². The van der Waals surface area contributed by atoms with Gasteiger partial charge in [-0.2, -0.15) is 5.10 Å². The predicted molar refractivity (Wildman–Crippen MR) is 70.4 cm³/mol. The van der Waals surface area contributed by atoms with E-state index >= 15 is 0 Å². The molecule has 3 nitrogen and oxygen atoms in total. The molecule has 0 radical (unpaired) electrons. The van der Waals surface area contributed by atoms with E-state index in [4.69, 9.17) is 5.73 Å². The Hall–Kier alpha value is -1.61. The van der Waals surface area contributed by atoms with Crippen LogP contribution in [-0.2, 0) is 6.42 Å². The maximum absolute atomic E-state index is 5.59. The molecule has 0 amide bonds. The highest BCUT2D eigenvalue weighted by atomic mass is 15.3. The van der Waals surface area contributed by atoms with Crippen LogP contribution in [0.3, 0.4) is 0 Å². The second-order valence-corrected chi connectivity index (χ2v) is 4.36. The van der Waals surface area contributed by atoms with Gasteiger partial charge in [0.2, 0.25) is 0 Å². The first-order valence-corrected chi connectivity index (χ1v) is 6.03.